The second-order valence-electron chi connectivity index (χ2n) is 7.03. The van der Waals surface area contributed by atoms with Gasteiger partial charge in [0.25, 0.3) is 0 Å². The largest absolute Gasteiger partial charge is 0.476 e. The van der Waals surface area contributed by atoms with Crippen molar-refractivity contribution in [1.82, 2.24) is 9.78 Å². The zero-order valence-electron chi connectivity index (χ0n) is 11.7. The first kappa shape index (κ1) is 12.2. The SMILES string of the molecule is Cn1nc(C(=O)O)c(C2C3CC4CC(C3)CC2C4)c1N. The molecule has 108 valence electrons. The van der Waals surface area contributed by atoms with Crippen LogP contribution in [0.1, 0.15) is 54.1 Å². The molecule has 0 saturated heterocycles. The van der Waals surface area contributed by atoms with Crippen LogP contribution in [-0.2, 0) is 7.05 Å². The lowest BCUT2D eigenvalue weighted by atomic mass is 9.50. The van der Waals surface area contributed by atoms with E-state index in [1.165, 1.54) is 36.8 Å². The number of aromatic carboxylic acids is 1. The Balaban J connectivity index is 1.80. The van der Waals surface area contributed by atoms with Gasteiger partial charge in [0.1, 0.15) is 5.82 Å². The van der Waals surface area contributed by atoms with Gasteiger partial charge in [-0.2, -0.15) is 5.10 Å². The number of carboxylic acids is 1. The van der Waals surface area contributed by atoms with Crippen LogP contribution in [0.4, 0.5) is 5.82 Å². The highest BCUT2D eigenvalue weighted by molar-refractivity contribution is 5.89. The number of aryl methyl sites for hydroxylation is 1. The summed E-state index contributed by atoms with van der Waals surface area (Å²) < 4.78 is 1.53. The normalized spacial score (nSPS) is 38.4. The molecule has 0 atom stereocenters. The van der Waals surface area contributed by atoms with Crippen LogP contribution < -0.4 is 5.73 Å². The van der Waals surface area contributed by atoms with E-state index in [0.717, 1.165) is 17.4 Å². The average Bonchev–Trinajstić information content (AvgIpc) is 2.66. The van der Waals surface area contributed by atoms with Crippen LogP contribution in [0, 0.1) is 23.7 Å². The quantitative estimate of drug-likeness (QED) is 0.867. The second kappa shape index (κ2) is 3.99. The van der Waals surface area contributed by atoms with Crippen molar-refractivity contribution >= 4 is 11.8 Å². The minimum absolute atomic E-state index is 0.183. The van der Waals surface area contributed by atoms with Gasteiger partial charge < -0.3 is 10.8 Å². The highest BCUT2D eigenvalue weighted by Crippen LogP contribution is 2.60. The van der Waals surface area contributed by atoms with Crippen molar-refractivity contribution < 1.29 is 9.90 Å². The molecule has 20 heavy (non-hydrogen) atoms. The standard InChI is InChI=1S/C15H21N3O2/c1-18-14(16)12(13(17-18)15(19)20)11-9-3-7-2-8(5-9)6-10(11)4-7/h7-11H,2-6,16H2,1H3,(H,19,20). The Morgan fingerprint density at radius 1 is 1.20 bits per heavy atom. The maximum atomic E-state index is 11.5. The summed E-state index contributed by atoms with van der Waals surface area (Å²) in [6.07, 6.45) is 6.42. The van der Waals surface area contributed by atoms with E-state index >= 15 is 0 Å². The van der Waals surface area contributed by atoms with Crippen molar-refractivity contribution in [3.63, 3.8) is 0 Å². The van der Waals surface area contributed by atoms with Crippen LogP contribution in [0.3, 0.4) is 0 Å². The smallest absolute Gasteiger partial charge is 0.356 e. The van der Waals surface area contributed by atoms with Crippen LogP contribution in [0.15, 0.2) is 0 Å². The highest BCUT2D eigenvalue weighted by atomic mass is 16.4. The molecule has 5 nitrogen and oxygen atoms in total. The summed E-state index contributed by atoms with van der Waals surface area (Å²) in [6.45, 7) is 0. The number of nitrogen functional groups attached to an aromatic ring is 1. The van der Waals surface area contributed by atoms with E-state index < -0.39 is 5.97 Å². The fraction of sp³-hybridized carbons (Fsp3) is 0.733. The molecule has 4 fully saturated rings. The average molecular weight is 275 g/mol. The number of hydrogen-bond donors (Lipinski definition) is 2. The number of aromatic nitrogens is 2. The number of rotatable bonds is 2. The summed E-state index contributed by atoms with van der Waals surface area (Å²) in [4.78, 5) is 11.5. The molecule has 5 heteroatoms. The molecule has 4 aliphatic rings. The molecule has 0 amide bonds. The van der Waals surface area contributed by atoms with Gasteiger partial charge in [0.15, 0.2) is 5.69 Å². The Morgan fingerprint density at radius 2 is 1.75 bits per heavy atom. The third-order valence-electron chi connectivity index (χ3n) is 5.89. The lowest BCUT2D eigenvalue weighted by molar-refractivity contribution is -0.00293. The van der Waals surface area contributed by atoms with E-state index in [9.17, 15) is 9.90 Å². The summed E-state index contributed by atoms with van der Waals surface area (Å²) >= 11 is 0. The van der Waals surface area contributed by atoms with Crippen LogP contribution in [0.2, 0.25) is 0 Å². The third kappa shape index (κ3) is 1.55. The summed E-state index contributed by atoms with van der Waals surface area (Å²) in [7, 11) is 1.74. The van der Waals surface area contributed by atoms with Gasteiger partial charge in [0.05, 0.1) is 0 Å². The predicted molar refractivity (Wildman–Crippen MR) is 74.4 cm³/mol. The van der Waals surface area contributed by atoms with Crippen LogP contribution in [0.25, 0.3) is 0 Å². The van der Waals surface area contributed by atoms with Crippen molar-refractivity contribution in [2.75, 3.05) is 5.73 Å². The Labute approximate surface area is 118 Å². The number of carbonyl (C=O) groups is 1. The van der Waals surface area contributed by atoms with E-state index in [-0.39, 0.29) is 5.69 Å². The third-order valence-corrected chi connectivity index (χ3v) is 5.89. The minimum Gasteiger partial charge on any atom is -0.476 e. The van der Waals surface area contributed by atoms with E-state index in [4.69, 9.17) is 5.73 Å². The van der Waals surface area contributed by atoms with Gasteiger partial charge >= 0.3 is 5.97 Å². The number of hydrogen-bond acceptors (Lipinski definition) is 3. The summed E-state index contributed by atoms with van der Waals surface area (Å²) in [5, 5.41) is 13.6. The highest BCUT2D eigenvalue weighted by Gasteiger charge is 2.50. The van der Waals surface area contributed by atoms with Crippen molar-refractivity contribution in [2.24, 2.45) is 30.7 Å². The minimum atomic E-state index is -0.943. The summed E-state index contributed by atoms with van der Waals surface area (Å²) in [5.41, 5.74) is 7.17. The molecule has 3 N–H and O–H groups in total. The molecule has 4 saturated carbocycles. The first-order valence-corrected chi connectivity index (χ1v) is 7.60. The first-order valence-electron chi connectivity index (χ1n) is 7.60. The van der Waals surface area contributed by atoms with Crippen molar-refractivity contribution in [3.8, 4) is 0 Å². The van der Waals surface area contributed by atoms with E-state index in [1.54, 1.807) is 7.05 Å². The maximum Gasteiger partial charge on any atom is 0.356 e. The van der Waals surface area contributed by atoms with Crippen molar-refractivity contribution in [3.05, 3.63) is 11.3 Å². The molecule has 0 aromatic carbocycles. The second-order valence-corrected chi connectivity index (χ2v) is 7.03. The predicted octanol–water partition coefficient (Wildman–Crippen LogP) is 2.24. The van der Waals surface area contributed by atoms with Crippen LogP contribution in [0.5, 0.6) is 0 Å². The molecule has 0 spiro atoms. The lowest BCUT2D eigenvalue weighted by Gasteiger charge is -2.54. The van der Waals surface area contributed by atoms with E-state index in [2.05, 4.69) is 5.10 Å². The molecule has 5 rings (SSSR count). The van der Waals surface area contributed by atoms with Gasteiger partial charge in [-0.15, -0.1) is 0 Å². The summed E-state index contributed by atoms with van der Waals surface area (Å²) in [6, 6.07) is 0. The molecule has 1 aromatic rings. The molecule has 0 unspecified atom stereocenters. The zero-order chi connectivity index (χ0) is 14.0. The molecule has 0 aliphatic heterocycles. The molecule has 1 heterocycles. The topological polar surface area (TPSA) is 81.1 Å². The van der Waals surface area contributed by atoms with Gasteiger partial charge in [-0.1, -0.05) is 0 Å². The molecular weight excluding hydrogens is 254 g/mol. The fourth-order valence-corrected chi connectivity index (χ4v) is 5.44. The van der Waals surface area contributed by atoms with Gasteiger partial charge in [0, 0.05) is 12.6 Å². The lowest BCUT2D eigenvalue weighted by Crippen LogP contribution is -2.44. The molecule has 4 aliphatic carbocycles. The fourth-order valence-electron chi connectivity index (χ4n) is 5.44. The van der Waals surface area contributed by atoms with E-state index in [1.807, 2.05) is 0 Å². The van der Waals surface area contributed by atoms with E-state index in [0.29, 0.717) is 23.6 Å². The number of anilines is 1. The summed E-state index contributed by atoms with van der Waals surface area (Å²) in [5.74, 6) is 2.93. The molecule has 4 bridgehead atoms. The van der Waals surface area contributed by atoms with Crippen LogP contribution in [-0.4, -0.2) is 20.9 Å². The Kier molecular flexibility index (Phi) is 2.44. The molecule has 1 aromatic heterocycles. The van der Waals surface area contributed by atoms with Gasteiger partial charge in [0.2, 0.25) is 0 Å². The monoisotopic (exact) mass is 275 g/mol. The number of nitrogens with two attached hydrogens (primary N) is 1. The Bertz CT molecular complexity index is 550. The van der Waals surface area contributed by atoms with Gasteiger partial charge in [-0.05, 0) is 61.7 Å². The Hall–Kier alpha value is -1.52. The van der Waals surface area contributed by atoms with Gasteiger partial charge in [-0.3, -0.25) is 4.68 Å². The zero-order valence-corrected chi connectivity index (χ0v) is 11.7. The van der Waals surface area contributed by atoms with Gasteiger partial charge in [-0.25, -0.2) is 4.79 Å². The Morgan fingerprint density at radius 3 is 2.25 bits per heavy atom. The first-order chi connectivity index (χ1) is 9.54. The number of carboxylic acid groups (broad SMARTS) is 1. The molecule has 0 radical (unpaired) electrons. The van der Waals surface area contributed by atoms with Crippen molar-refractivity contribution in [2.45, 2.75) is 38.0 Å². The van der Waals surface area contributed by atoms with Crippen LogP contribution >= 0.6 is 0 Å². The maximum absolute atomic E-state index is 11.5. The number of nitrogens with zero attached hydrogens (tertiary/aromatic N) is 2. The van der Waals surface area contributed by atoms with Crippen molar-refractivity contribution in [1.29, 1.82) is 0 Å². The molecular formula is C15H21N3O2.